The molecule has 2 rings (SSSR count). The summed E-state index contributed by atoms with van der Waals surface area (Å²) < 4.78 is 0. The summed E-state index contributed by atoms with van der Waals surface area (Å²) in [7, 11) is 0. The topological polar surface area (TPSA) is 69.6 Å². The van der Waals surface area contributed by atoms with Crippen molar-refractivity contribution in [2.24, 2.45) is 0 Å². The molecule has 98 valence electrons. The molecule has 0 fully saturated rings. The van der Waals surface area contributed by atoms with Gasteiger partial charge in [-0.25, -0.2) is 4.79 Å². The maximum atomic E-state index is 10.9. The number of benzene rings is 2. The van der Waals surface area contributed by atoms with Crippen LogP contribution in [0, 0.1) is 6.92 Å². The molecule has 0 amide bonds. The van der Waals surface area contributed by atoms with Crippen LogP contribution >= 0.6 is 0 Å². The minimum atomic E-state index is -0.956. The van der Waals surface area contributed by atoms with Crippen molar-refractivity contribution >= 4 is 11.7 Å². The first-order valence-electron chi connectivity index (χ1n) is 5.92. The van der Waals surface area contributed by atoms with E-state index in [0.29, 0.717) is 12.2 Å². The average molecular weight is 257 g/mol. The van der Waals surface area contributed by atoms with E-state index < -0.39 is 5.97 Å². The molecule has 4 nitrogen and oxygen atoms in total. The normalized spacial score (nSPS) is 10.2. The average Bonchev–Trinajstić information content (AvgIpc) is 2.40. The van der Waals surface area contributed by atoms with E-state index in [2.05, 4.69) is 5.32 Å². The molecule has 0 atom stereocenters. The summed E-state index contributed by atoms with van der Waals surface area (Å²) in [6, 6.07) is 12.0. The summed E-state index contributed by atoms with van der Waals surface area (Å²) in [4.78, 5) is 10.9. The highest BCUT2D eigenvalue weighted by Gasteiger charge is 2.04. The first kappa shape index (κ1) is 13.0. The van der Waals surface area contributed by atoms with Crippen molar-refractivity contribution in [2.45, 2.75) is 13.5 Å². The Kier molecular flexibility index (Phi) is 3.71. The zero-order chi connectivity index (χ0) is 13.8. The Morgan fingerprint density at radius 3 is 2.74 bits per heavy atom. The summed E-state index contributed by atoms with van der Waals surface area (Å²) in [6.45, 7) is 2.39. The molecule has 0 aliphatic carbocycles. The zero-order valence-electron chi connectivity index (χ0n) is 10.6. The summed E-state index contributed by atoms with van der Waals surface area (Å²) >= 11 is 0. The summed E-state index contributed by atoms with van der Waals surface area (Å²) in [5, 5.41) is 21.7. The van der Waals surface area contributed by atoms with Gasteiger partial charge in [0.25, 0.3) is 0 Å². The zero-order valence-corrected chi connectivity index (χ0v) is 10.6. The maximum Gasteiger partial charge on any atom is 0.335 e. The van der Waals surface area contributed by atoms with Crippen LogP contribution in [0.2, 0.25) is 0 Å². The number of hydrogen-bond acceptors (Lipinski definition) is 3. The van der Waals surface area contributed by atoms with Crippen LogP contribution in [0.3, 0.4) is 0 Å². The van der Waals surface area contributed by atoms with Crippen molar-refractivity contribution in [3.63, 3.8) is 0 Å². The van der Waals surface area contributed by atoms with Gasteiger partial charge in [0.2, 0.25) is 0 Å². The highest BCUT2D eigenvalue weighted by molar-refractivity contribution is 5.88. The van der Waals surface area contributed by atoms with Crippen molar-refractivity contribution in [3.05, 3.63) is 59.2 Å². The third-order valence-electron chi connectivity index (χ3n) is 2.83. The van der Waals surface area contributed by atoms with Gasteiger partial charge >= 0.3 is 5.97 Å². The molecule has 19 heavy (non-hydrogen) atoms. The van der Waals surface area contributed by atoms with Crippen LogP contribution in [0.1, 0.15) is 21.5 Å². The number of phenolic OH excluding ortho intramolecular Hbond substituents is 1. The second-order valence-corrected chi connectivity index (χ2v) is 4.37. The third-order valence-corrected chi connectivity index (χ3v) is 2.83. The van der Waals surface area contributed by atoms with E-state index in [1.165, 1.54) is 6.07 Å². The lowest BCUT2D eigenvalue weighted by atomic mass is 10.1. The van der Waals surface area contributed by atoms with Gasteiger partial charge in [-0.05, 0) is 31.2 Å². The fourth-order valence-electron chi connectivity index (χ4n) is 1.82. The number of phenols is 1. The van der Waals surface area contributed by atoms with E-state index >= 15 is 0 Å². The van der Waals surface area contributed by atoms with Crippen LogP contribution < -0.4 is 5.32 Å². The number of aryl methyl sites for hydroxylation is 1. The van der Waals surface area contributed by atoms with Crippen molar-refractivity contribution in [1.29, 1.82) is 0 Å². The quantitative estimate of drug-likeness (QED) is 0.787. The number of rotatable bonds is 4. The number of carbonyl (C=O) groups is 1. The Morgan fingerprint density at radius 2 is 2.00 bits per heavy atom. The maximum absolute atomic E-state index is 10.9. The lowest BCUT2D eigenvalue weighted by Crippen LogP contribution is -2.02. The summed E-state index contributed by atoms with van der Waals surface area (Å²) in [5.41, 5.74) is 2.79. The SMILES string of the molecule is Cc1ccc(O)c(CNc2cccc(C(=O)O)c2)c1. The highest BCUT2D eigenvalue weighted by Crippen LogP contribution is 2.20. The Bertz CT molecular complexity index is 608. The molecular formula is C15H15NO3. The predicted octanol–water partition coefficient (Wildman–Crippen LogP) is 3.01. The van der Waals surface area contributed by atoms with Gasteiger partial charge in [0.15, 0.2) is 0 Å². The van der Waals surface area contributed by atoms with Gasteiger partial charge in [0.1, 0.15) is 5.75 Å². The molecule has 2 aromatic carbocycles. The first-order chi connectivity index (χ1) is 9.06. The summed E-state index contributed by atoms with van der Waals surface area (Å²) in [6.07, 6.45) is 0. The molecule has 0 heterocycles. The molecule has 4 heteroatoms. The van der Waals surface area contributed by atoms with Gasteiger partial charge in [-0.3, -0.25) is 0 Å². The Balaban J connectivity index is 2.12. The standard InChI is InChI=1S/C15H15NO3/c1-10-5-6-14(17)12(7-10)9-16-13-4-2-3-11(8-13)15(18)19/h2-8,16-17H,9H2,1H3,(H,18,19). The molecule has 0 saturated heterocycles. The molecule has 2 aromatic rings. The second-order valence-electron chi connectivity index (χ2n) is 4.37. The van der Waals surface area contributed by atoms with Gasteiger partial charge in [0.05, 0.1) is 5.56 Å². The smallest absolute Gasteiger partial charge is 0.335 e. The van der Waals surface area contributed by atoms with E-state index in [1.54, 1.807) is 24.3 Å². The number of hydrogen-bond donors (Lipinski definition) is 3. The molecule has 0 radical (unpaired) electrons. The number of carboxylic acid groups (broad SMARTS) is 1. The Morgan fingerprint density at radius 1 is 1.21 bits per heavy atom. The minimum absolute atomic E-state index is 0.229. The monoisotopic (exact) mass is 257 g/mol. The molecule has 0 aliphatic heterocycles. The van der Waals surface area contributed by atoms with Gasteiger partial charge in [-0.1, -0.05) is 23.8 Å². The fourth-order valence-corrected chi connectivity index (χ4v) is 1.82. The van der Waals surface area contributed by atoms with E-state index in [4.69, 9.17) is 5.11 Å². The van der Waals surface area contributed by atoms with Gasteiger partial charge in [-0.15, -0.1) is 0 Å². The van der Waals surface area contributed by atoms with E-state index in [9.17, 15) is 9.90 Å². The lowest BCUT2D eigenvalue weighted by Gasteiger charge is -2.09. The minimum Gasteiger partial charge on any atom is -0.508 e. The number of aromatic hydroxyl groups is 1. The van der Waals surface area contributed by atoms with E-state index in [1.807, 2.05) is 19.1 Å². The molecule has 0 spiro atoms. The third kappa shape index (κ3) is 3.25. The molecule has 0 aliphatic rings. The van der Waals surface area contributed by atoms with Crippen LogP contribution in [-0.4, -0.2) is 16.2 Å². The largest absolute Gasteiger partial charge is 0.508 e. The number of nitrogens with one attached hydrogen (secondary N) is 1. The molecule has 0 bridgehead atoms. The highest BCUT2D eigenvalue weighted by atomic mass is 16.4. The molecule has 0 aromatic heterocycles. The summed E-state index contributed by atoms with van der Waals surface area (Å²) in [5.74, 6) is -0.727. The van der Waals surface area contributed by atoms with Crippen molar-refractivity contribution in [2.75, 3.05) is 5.32 Å². The molecule has 0 saturated carbocycles. The van der Waals surface area contributed by atoms with E-state index in [-0.39, 0.29) is 11.3 Å². The number of carboxylic acids is 1. The van der Waals surface area contributed by atoms with Crippen LogP contribution in [-0.2, 0) is 6.54 Å². The van der Waals surface area contributed by atoms with Crippen LogP contribution in [0.25, 0.3) is 0 Å². The van der Waals surface area contributed by atoms with E-state index in [0.717, 1.165) is 11.1 Å². The fraction of sp³-hybridized carbons (Fsp3) is 0.133. The lowest BCUT2D eigenvalue weighted by molar-refractivity contribution is 0.0697. The van der Waals surface area contributed by atoms with Crippen LogP contribution in [0.15, 0.2) is 42.5 Å². The van der Waals surface area contributed by atoms with Crippen molar-refractivity contribution < 1.29 is 15.0 Å². The van der Waals surface area contributed by atoms with Gasteiger partial charge < -0.3 is 15.5 Å². The number of aromatic carboxylic acids is 1. The molecule has 0 unspecified atom stereocenters. The second kappa shape index (κ2) is 5.44. The molecular weight excluding hydrogens is 242 g/mol. The first-order valence-corrected chi connectivity index (χ1v) is 5.92. The van der Waals surface area contributed by atoms with Crippen LogP contribution in [0.4, 0.5) is 5.69 Å². The van der Waals surface area contributed by atoms with Crippen molar-refractivity contribution in [3.8, 4) is 5.75 Å². The Labute approximate surface area is 111 Å². The van der Waals surface area contributed by atoms with Gasteiger partial charge in [0, 0.05) is 17.8 Å². The van der Waals surface area contributed by atoms with Gasteiger partial charge in [-0.2, -0.15) is 0 Å². The Hall–Kier alpha value is -2.49. The van der Waals surface area contributed by atoms with Crippen molar-refractivity contribution in [1.82, 2.24) is 0 Å². The molecule has 3 N–H and O–H groups in total. The predicted molar refractivity (Wildman–Crippen MR) is 73.6 cm³/mol. The van der Waals surface area contributed by atoms with Crippen LogP contribution in [0.5, 0.6) is 5.75 Å². The number of anilines is 1.